The maximum absolute atomic E-state index is 2.43. The molecule has 0 heteroatoms. The molecule has 0 amide bonds. The standard InChI is InChI=1S/C14H26/c1-12(2)14(13(3)4)10-8-6-5-7-9-11-14/h6,8,12-13H,5,7,9-11H2,1-4H3/b8-6-. The van der Waals surface area contributed by atoms with Gasteiger partial charge in [0.05, 0.1) is 0 Å². The van der Waals surface area contributed by atoms with Crippen molar-refractivity contribution in [2.24, 2.45) is 17.3 Å². The smallest absolute Gasteiger partial charge is 0.0217 e. The van der Waals surface area contributed by atoms with Crippen molar-refractivity contribution in [1.82, 2.24) is 0 Å². The SMILES string of the molecule is CC(C)C1(C(C)C)C/C=C\CCCC1. The van der Waals surface area contributed by atoms with Crippen LogP contribution in [0.25, 0.3) is 0 Å². The molecule has 0 saturated heterocycles. The molecule has 1 rings (SSSR count). The third-order valence-electron chi connectivity index (χ3n) is 4.23. The van der Waals surface area contributed by atoms with E-state index >= 15 is 0 Å². The van der Waals surface area contributed by atoms with Crippen LogP contribution in [0, 0.1) is 17.3 Å². The maximum Gasteiger partial charge on any atom is -0.0217 e. The molecular formula is C14H26. The quantitative estimate of drug-likeness (QED) is 0.554. The second-order valence-electron chi connectivity index (χ2n) is 5.46. The molecule has 14 heavy (non-hydrogen) atoms. The lowest BCUT2D eigenvalue weighted by Crippen LogP contribution is -2.33. The Morgan fingerprint density at radius 3 is 2.14 bits per heavy atom. The summed E-state index contributed by atoms with van der Waals surface area (Å²) in [5, 5.41) is 0. The van der Waals surface area contributed by atoms with Crippen LogP contribution in [0.4, 0.5) is 0 Å². The van der Waals surface area contributed by atoms with Gasteiger partial charge in [-0.2, -0.15) is 0 Å². The van der Waals surface area contributed by atoms with E-state index in [1.165, 1.54) is 32.1 Å². The van der Waals surface area contributed by atoms with Crippen molar-refractivity contribution < 1.29 is 0 Å². The highest BCUT2D eigenvalue weighted by atomic mass is 14.4. The van der Waals surface area contributed by atoms with Gasteiger partial charge in [-0.3, -0.25) is 0 Å². The van der Waals surface area contributed by atoms with E-state index in [0.717, 1.165) is 11.8 Å². The minimum Gasteiger partial charge on any atom is -0.0885 e. The highest BCUT2D eigenvalue weighted by Gasteiger charge is 2.35. The topological polar surface area (TPSA) is 0 Å². The summed E-state index contributed by atoms with van der Waals surface area (Å²) in [6.07, 6.45) is 11.6. The molecule has 0 heterocycles. The fourth-order valence-corrected chi connectivity index (χ4v) is 2.95. The van der Waals surface area contributed by atoms with Gasteiger partial charge in [-0.1, -0.05) is 46.3 Å². The third kappa shape index (κ3) is 2.40. The molecule has 0 unspecified atom stereocenters. The van der Waals surface area contributed by atoms with Gasteiger partial charge in [0, 0.05) is 0 Å². The number of rotatable bonds is 2. The Morgan fingerprint density at radius 1 is 0.929 bits per heavy atom. The van der Waals surface area contributed by atoms with Crippen molar-refractivity contribution in [1.29, 1.82) is 0 Å². The molecule has 0 N–H and O–H groups in total. The Kier molecular flexibility index (Phi) is 4.22. The van der Waals surface area contributed by atoms with Crippen LogP contribution < -0.4 is 0 Å². The minimum atomic E-state index is 0.566. The van der Waals surface area contributed by atoms with E-state index in [-0.39, 0.29) is 0 Å². The normalized spacial score (nSPS) is 24.7. The molecule has 0 radical (unpaired) electrons. The monoisotopic (exact) mass is 194 g/mol. The first-order valence-electron chi connectivity index (χ1n) is 6.24. The molecule has 0 fully saturated rings. The Morgan fingerprint density at radius 2 is 1.57 bits per heavy atom. The summed E-state index contributed by atoms with van der Waals surface area (Å²) >= 11 is 0. The van der Waals surface area contributed by atoms with Gasteiger partial charge in [-0.25, -0.2) is 0 Å². The Balaban J connectivity index is 2.82. The molecule has 0 aromatic rings. The molecule has 82 valence electrons. The zero-order chi connectivity index (χ0) is 10.6. The Hall–Kier alpha value is -0.260. The third-order valence-corrected chi connectivity index (χ3v) is 4.23. The van der Waals surface area contributed by atoms with Gasteiger partial charge in [0.15, 0.2) is 0 Å². The minimum absolute atomic E-state index is 0.566. The summed E-state index contributed by atoms with van der Waals surface area (Å²) < 4.78 is 0. The summed E-state index contributed by atoms with van der Waals surface area (Å²) in [5.41, 5.74) is 0.566. The van der Waals surface area contributed by atoms with Crippen LogP contribution in [0.5, 0.6) is 0 Å². The second-order valence-corrected chi connectivity index (χ2v) is 5.46. The number of hydrogen-bond acceptors (Lipinski definition) is 0. The summed E-state index contributed by atoms with van der Waals surface area (Å²) in [5.74, 6) is 1.62. The Labute approximate surface area is 89.8 Å². The highest BCUT2D eigenvalue weighted by molar-refractivity contribution is 4.96. The van der Waals surface area contributed by atoms with Crippen LogP contribution in [-0.2, 0) is 0 Å². The van der Waals surface area contributed by atoms with Crippen LogP contribution in [0.3, 0.4) is 0 Å². The van der Waals surface area contributed by atoms with E-state index in [4.69, 9.17) is 0 Å². The van der Waals surface area contributed by atoms with E-state index in [1.54, 1.807) is 0 Å². The van der Waals surface area contributed by atoms with Gasteiger partial charge < -0.3 is 0 Å². The van der Waals surface area contributed by atoms with E-state index in [1.807, 2.05) is 0 Å². The molecule has 0 saturated carbocycles. The molecule has 1 aliphatic rings. The van der Waals surface area contributed by atoms with Crippen LogP contribution in [0.15, 0.2) is 12.2 Å². The second kappa shape index (κ2) is 5.00. The molecular weight excluding hydrogens is 168 g/mol. The largest absolute Gasteiger partial charge is 0.0885 e. The lowest BCUT2D eigenvalue weighted by Gasteiger charge is -2.42. The van der Waals surface area contributed by atoms with Crippen molar-refractivity contribution in [3.8, 4) is 0 Å². The van der Waals surface area contributed by atoms with Crippen molar-refractivity contribution in [3.05, 3.63) is 12.2 Å². The molecule has 0 aliphatic heterocycles. The molecule has 0 atom stereocenters. The lowest BCUT2D eigenvalue weighted by atomic mass is 9.63. The summed E-state index contributed by atoms with van der Waals surface area (Å²) in [4.78, 5) is 0. The van der Waals surface area contributed by atoms with Crippen molar-refractivity contribution in [2.45, 2.75) is 59.8 Å². The van der Waals surface area contributed by atoms with Crippen LogP contribution >= 0.6 is 0 Å². The first-order chi connectivity index (χ1) is 6.59. The van der Waals surface area contributed by atoms with Gasteiger partial charge in [0.2, 0.25) is 0 Å². The van der Waals surface area contributed by atoms with Gasteiger partial charge in [0.1, 0.15) is 0 Å². The lowest BCUT2D eigenvalue weighted by molar-refractivity contribution is 0.0959. The average molecular weight is 194 g/mol. The van der Waals surface area contributed by atoms with E-state index in [9.17, 15) is 0 Å². The van der Waals surface area contributed by atoms with E-state index < -0.39 is 0 Å². The van der Waals surface area contributed by atoms with Gasteiger partial charge >= 0.3 is 0 Å². The predicted molar refractivity (Wildman–Crippen MR) is 64.3 cm³/mol. The van der Waals surface area contributed by atoms with Crippen molar-refractivity contribution in [3.63, 3.8) is 0 Å². The van der Waals surface area contributed by atoms with Crippen LogP contribution in [0.2, 0.25) is 0 Å². The fourth-order valence-electron chi connectivity index (χ4n) is 2.95. The van der Waals surface area contributed by atoms with Crippen LogP contribution in [0.1, 0.15) is 59.8 Å². The van der Waals surface area contributed by atoms with Crippen molar-refractivity contribution in [2.75, 3.05) is 0 Å². The van der Waals surface area contributed by atoms with Crippen LogP contribution in [-0.4, -0.2) is 0 Å². The maximum atomic E-state index is 2.43. The molecule has 0 aromatic carbocycles. The average Bonchev–Trinajstić information content (AvgIpc) is 2.02. The molecule has 0 nitrogen and oxygen atoms in total. The van der Waals surface area contributed by atoms with Gasteiger partial charge in [-0.05, 0) is 42.9 Å². The first kappa shape index (κ1) is 11.8. The predicted octanol–water partition coefficient (Wildman–Crippen LogP) is 4.81. The zero-order valence-corrected chi connectivity index (χ0v) is 10.3. The molecule has 0 aromatic heterocycles. The van der Waals surface area contributed by atoms with E-state index in [0.29, 0.717) is 5.41 Å². The van der Waals surface area contributed by atoms with E-state index in [2.05, 4.69) is 39.8 Å². The first-order valence-corrected chi connectivity index (χ1v) is 6.24. The number of allylic oxidation sites excluding steroid dienone is 2. The number of hydrogen-bond donors (Lipinski definition) is 0. The van der Waals surface area contributed by atoms with Crippen molar-refractivity contribution >= 4 is 0 Å². The fraction of sp³-hybridized carbons (Fsp3) is 0.857. The zero-order valence-electron chi connectivity index (χ0n) is 10.3. The highest BCUT2D eigenvalue weighted by Crippen LogP contribution is 2.45. The molecule has 1 aliphatic carbocycles. The summed E-state index contributed by atoms with van der Waals surface area (Å²) in [7, 11) is 0. The molecule has 0 spiro atoms. The van der Waals surface area contributed by atoms with Gasteiger partial charge in [0.25, 0.3) is 0 Å². The summed E-state index contributed by atoms with van der Waals surface area (Å²) in [6.45, 7) is 9.59. The Bertz CT molecular complexity index is 178. The van der Waals surface area contributed by atoms with Gasteiger partial charge in [-0.15, -0.1) is 0 Å². The molecule has 0 bridgehead atoms. The summed E-state index contributed by atoms with van der Waals surface area (Å²) in [6, 6.07) is 0.